The molecule has 23 heavy (non-hydrogen) atoms. The second-order valence-corrected chi connectivity index (χ2v) is 8.91. The number of aryl methyl sites for hydroxylation is 2. The summed E-state index contributed by atoms with van der Waals surface area (Å²) in [6.45, 7) is 8.27. The summed E-state index contributed by atoms with van der Waals surface area (Å²) in [6.07, 6.45) is 6.80. The number of fused-ring (bicyclic) bond motifs is 4. The fraction of sp³-hybridized carbons (Fsp3) is 0.778. The van der Waals surface area contributed by atoms with Gasteiger partial charge in [0.25, 0.3) is 5.91 Å². The number of piperidine rings is 1. The largest absolute Gasteiger partial charge is 0.336 e. The minimum absolute atomic E-state index is 0.218. The van der Waals surface area contributed by atoms with Gasteiger partial charge in [0, 0.05) is 32.2 Å². The second kappa shape index (κ2) is 6.17. The molecule has 1 saturated carbocycles. The Hall–Kier alpha value is -0.940. The van der Waals surface area contributed by atoms with Gasteiger partial charge in [-0.25, -0.2) is 4.98 Å². The first-order valence-corrected chi connectivity index (χ1v) is 9.89. The van der Waals surface area contributed by atoms with Crippen molar-refractivity contribution in [2.24, 2.45) is 11.8 Å². The molecule has 1 aromatic heterocycles. The molecule has 3 aliphatic heterocycles. The molecule has 2 bridgehead atoms. The van der Waals surface area contributed by atoms with Gasteiger partial charge < -0.3 is 4.90 Å². The first kappa shape index (κ1) is 15.6. The molecule has 4 heterocycles. The molecule has 2 atom stereocenters. The lowest BCUT2D eigenvalue weighted by molar-refractivity contribution is 0.0720. The maximum atomic E-state index is 13.0. The van der Waals surface area contributed by atoms with E-state index in [9.17, 15) is 4.79 Å². The van der Waals surface area contributed by atoms with Crippen LogP contribution in [0.25, 0.3) is 0 Å². The zero-order valence-corrected chi connectivity index (χ0v) is 15.1. The Balaban J connectivity index is 1.48. The predicted molar refractivity (Wildman–Crippen MR) is 92.9 cm³/mol. The van der Waals surface area contributed by atoms with Gasteiger partial charge in [-0.3, -0.25) is 9.69 Å². The van der Waals surface area contributed by atoms with Gasteiger partial charge in [0.2, 0.25) is 0 Å². The molecule has 4 nitrogen and oxygen atoms in total. The highest BCUT2D eigenvalue weighted by Crippen LogP contribution is 2.34. The monoisotopic (exact) mass is 333 g/mol. The number of carbonyl (C=O) groups excluding carboxylic acids is 1. The SMILES string of the molecule is Cc1nc(C)c(C(=O)N2C[C@H]3CC[C@@H](C2)N(CC2CCC2)C3)s1. The zero-order chi connectivity index (χ0) is 16.0. The van der Waals surface area contributed by atoms with Crippen LogP contribution < -0.4 is 0 Å². The highest BCUT2D eigenvalue weighted by Gasteiger charge is 2.38. The van der Waals surface area contributed by atoms with E-state index >= 15 is 0 Å². The number of hydrogen-bond acceptors (Lipinski definition) is 4. The Morgan fingerprint density at radius 2 is 2.00 bits per heavy atom. The molecule has 0 spiro atoms. The first-order valence-electron chi connectivity index (χ1n) is 9.07. The van der Waals surface area contributed by atoms with Crippen molar-refractivity contribution < 1.29 is 4.79 Å². The van der Waals surface area contributed by atoms with E-state index in [1.165, 1.54) is 45.2 Å². The maximum absolute atomic E-state index is 13.0. The van der Waals surface area contributed by atoms with Crippen LogP contribution in [0.5, 0.6) is 0 Å². The number of hydrogen-bond donors (Lipinski definition) is 0. The molecule has 3 saturated heterocycles. The predicted octanol–water partition coefficient (Wildman–Crippen LogP) is 3.10. The third-order valence-electron chi connectivity index (χ3n) is 5.93. The van der Waals surface area contributed by atoms with Gasteiger partial charge in [-0.15, -0.1) is 11.3 Å². The molecular weight excluding hydrogens is 306 g/mol. The molecule has 0 N–H and O–H groups in total. The fourth-order valence-corrected chi connectivity index (χ4v) is 5.34. The molecule has 4 fully saturated rings. The number of nitrogens with zero attached hydrogens (tertiary/aromatic N) is 3. The van der Waals surface area contributed by atoms with Gasteiger partial charge in [0.05, 0.1) is 10.7 Å². The molecule has 0 radical (unpaired) electrons. The summed E-state index contributed by atoms with van der Waals surface area (Å²) in [6, 6.07) is 0.577. The van der Waals surface area contributed by atoms with E-state index in [4.69, 9.17) is 0 Å². The third-order valence-corrected chi connectivity index (χ3v) is 6.99. The van der Waals surface area contributed by atoms with Crippen molar-refractivity contribution in [1.29, 1.82) is 0 Å². The van der Waals surface area contributed by atoms with E-state index in [1.54, 1.807) is 11.3 Å². The Morgan fingerprint density at radius 1 is 1.17 bits per heavy atom. The van der Waals surface area contributed by atoms with Crippen LogP contribution in [0.4, 0.5) is 0 Å². The van der Waals surface area contributed by atoms with Gasteiger partial charge in [0.15, 0.2) is 0 Å². The van der Waals surface area contributed by atoms with E-state index in [1.807, 2.05) is 13.8 Å². The van der Waals surface area contributed by atoms with Crippen LogP contribution in [0, 0.1) is 25.7 Å². The summed E-state index contributed by atoms with van der Waals surface area (Å²) < 4.78 is 0. The van der Waals surface area contributed by atoms with Crippen molar-refractivity contribution in [2.75, 3.05) is 26.2 Å². The highest BCUT2D eigenvalue weighted by molar-refractivity contribution is 7.13. The summed E-state index contributed by atoms with van der Waals surface area (Å²) in [5, 5.41) is 0.996. The van der Waals surface area contributed by atoms with E-state index in [0.29, 0.717) is 12.0 Å². The van der Waals surface area contributed by atoms with Crippen molar-refractivity contribution in [3.05, 3.63) is 15.6 Å². The Bertz CT molecular complexity index is 595. The minimum Gasteiger partial charge on any atom is -0.336 e. The molecule has 5 rings (SSSR count). The normalized spacial score (nSPS) is 28.7. The van der Waals surface area contributed by atoms with E-state index in [-0.39, 0.29) is 5.91 Å². The number of aromatic nitrogens is 1. The molecule has 1 aromatic rings. The summed E-state index contributed by atoms with van der Waals surface area (Å²) >= 11 is 1.55. The first-order chi connectivity index (χ1) is 11.1. The van der Waals surface area contributed by atoms with E-state index < -0.39 is 0 Å². The van der Waals surface area contributed by atoms with Crippen LogP contribution in [-0.4, -0.2) is 52.9 Å². The van der Waals surface area contributed by atoms with E-state index in [2.05, 4.69) is 14.8 Å². The van der Waals surface area contributed by atoms with Gasteiger partial charge in [-0.05, 0) is 51.4 Å². The van der Waals surface area contributed by atoms with Crippen molar-refractivity contribution >= 4 is 17.2 Å². The van der Waals surface area contributed by atoms with Crippen molar-refractivity contribution in [3.63, 3.8) is 0 Å². The third kappa shape index (κ3) is 3.05. The van der Waals surface area contributed by atoms with Gasteiger partial charge in [0.1, 0.15) is 4.88 Å². The smallest absolute Gasteiger partial charge is 0.265 e. The van der Waals surface area contributed by atoms with Crippen LogP contribution in [0.2, 0.25) is 0 Å². The topological polar surface area (TPSA) is 36.4 Å². The van der Waals surface area contributed by atoms with Crippen molar-refractivity contribution in [1.82, 2.24) is 14.8 Å². The van der Waals surface area contributed by atoms with Crippen LogP contribution in [0.15, 0.2) is 0 Å². The lowest BCUT2D eigenvalue weighted by Crippen LogP contribution is -2.47. The van der Waals surface area contributed by atoms with Gasteiger partial charge >= 0.3 is 0 Å². The van der Waals surface area contributed by atoms with Crippen LogP contribution in [0.1, 0.15) is 52.5 Å². The standard InChI is InChI=1S/C18H27N3OS/c1-12-17(23-13(2)19-12)18(22)21-10-15-6-7-16(11-21)20(9-15)8-14-4-3-5-14/h14-16H,3-11H2,1-2H3/t15-,16-/m0/s1. The summed E-state index contributed by atoms with van der Waals surface area (Å²) in [7, 11) is 0. The van der Waals surface area contributed by atoms with Gasteiger partial charge in [-0.2, -0.15) is 0 Å². The second-order valence-electron chi connectivity index (χ2n) is 7.71. The van der Waals surface area contributed by atoms with Crippen LogP contribution in [0.3, 0.4) is 0 Å². The fourth-order valence-electron chi connectivity index (χ4n) is 4.45. The quantitative estimate of drug-likeness (QED) is 0.853. The lowest BCUT2D eigenvalue weighted by Gasteiger charge is -2.40. The highest BCUT2D eigenvalue weighted by atomic mass is 32.1. The zero-order valence-electron chi connectivity index (χ0n) is 14.3. The average molecular weight is 334 g/mol. The van der Waals surface area contributed by atoms with E-state index in [0.717, 1.165) is 34.6 Å². The summed E-state index contributed by atoms with van der Waals surface area (Å²) in [5.74, 6) is 1.80. The van der Waals surface area contributed by atoms with Crippen molar-refractivity contribution in [2.45, 2.75) is 52.0 Å². The molecule has 5 heteroatoms. The Kier molecular flexibility index (Phi) is 4.18. The molecular formula is C18H27N3OS. The molecule has 0 unspecified atom stereocenters. The molecule has 1 aliphatic carbocycles. The number of rotatable bonds is 3. The Morgan fingerprint density at radius 3 is 2.65 bits per heavy atom. The average Bonchev–Trinajstić information content (AvgIpc) is 2.66. The number of amides is 1. The van der Waals surface area contributed by atoms with Crippen LogP contribution in [-0.2, 0) is 0 Å². The van der Waals surface area contributed by atoms with Crippen LogP contribution >= 0.6 is 11.3 Å². The molecule has 0 aromatic carbocycles. The number of thiazole rings is 1. The van der Waals surface area contributed by atoms with Crippen molar-refractivity contribution in [3.8, 4) is 0 Å². The molecule has 1 amide bonds. The molecule has 4 aliphatic rings. The van der Waals surface area contributed by atoms with Gasteiger partial charge in [-0.1, -0.05) is 6.42 Å². The molecule has 126 valence electrons. The maximum Gasteiger partial charge on any atom is 0.265 e. The Labute approximate surface area is 142 Å². The summed E-state index contributed by atoms with van der Waals surface area (Å²) in [4.78, 5) is 23.1. The summed E-state index contributed by atoms with van der Waals surface area (Å²) in [5.41, 5.74) is 0.903. The minimum atomic E-state index is 0.218. The lowest BCUT2D eigenvalue weighted by atomic mass is 9.83. The number of carbonyl (C=O) groups is 1.